The summed E-state index contributed by atoms with van der Waals surface area (Å²) >= 11 is 1.28. The maximum absolute atomic E-state index is 11.3. The number of esters is 1. The lowest BCUT2D eigenvalue weighted by Gasteiger charge is -2.01. The maximum atomic E-state index is 11.3. The van der Waals surface area contributed by atoms with E-state index in [-0.39, 0.29) is 18.0 Å². The number of rotatable bonds is 6. The van der Waals surface area contributed by atoms with Crippen LogP contribution in [0.25, 0.3) is 0 Å². The lowest BCUT2D eigenvalue weighted by atomic mass is 10.3. The smallest absolute Gasteiger partial charge is 0.313 e. The normalized spacial score (nSPS) is 9.81. The van der Waals surface area contributed by atoms with E-state index in [4.69, 9.17) is 0 Å². The zero-order valence-corrected chi connectivity index (χ0v) is 9.70. The summed E-state index contributed by atoms with van der Waals surface area (Å²) < 4.78 is 4.67. The van der Waals surface area contributed by atoms with Crippen molar-refractivity contribution in [3.63, 3.8) is 0 Å². The van der Waals surface area contributed by atoms with Crippen LogP contribution in [0, 0.1) is 0 Å². The van der Waals surface area contributed by atoms with Crippen LogP contribution in [0.1, 0.15) is 13.3 Å². The second-order valence-corrected chi connectivity index (χ2v) is 3.85. The van der Waals surface area contributed by atoms with Crippen LogP contribution in [0.5, 0.6) is 0 Å². The molecule has 0 atom stereocenters. The highest BCUT2D eigenvalue weighted by molar-refractivity contribution is 7.99. The molecule has 86 valence electrons. The Kier molecular flexibility index (Phi) is 5.49. The molecule has 0 amide bonds. The van der Waals surface area contributed by atoms with E-state index in [1.54, 1.807) is 19.2 Å². The van der Waals surface area contributed by atoms with E-state index in [0.29, 0.717) is 11.6 Å². The largest absolute Gasteiger partial charge is 0.466 e. The maximum Gasteiger partial charge on any atom is 0.313 e. The van der Waals surface area contributed by atoms with Crippen molar-refractivity contribution in [3.05, 3.63) is 18.6 Å². The molecular formula is C10H12N2O3S. The molecule has 16 heavy (non-hydrogen) atoms. The van der Waals surface area contributed by atoms with E-state index in [9.17, 15) is 9.59 Å². The minimum atomic E-state index is -0.476. The highest BCUT2D eigenvalue weighted by atomic mass is 32.2. The molecule has 1 aromatic heterocycles. The van der Waals surface area contributed by atoms with Gasteiger partial charge in [0, 0.05) is 6.20 Å². The topological polar surface area (TPSA) is 69.2 Å². The number of ketones is 1. The molecule has 0 radical (unpaired) electrons. The van der Waals surface area contributed by atoms with E-state index < -0.39 is 5.97 Å². The molecule has 0 aliphatic heterocycles. The van der Waals surface area contributed by atoms with Gasteiger partial charge in [-0.3, -0.25) is 9.59 Å². The van der Waals surface area contributed by atoms with Crippen molar-refractivity contribution in [2.75, 3.05) is 12.4 Å². The molecule has 0 aromatic carbocycles. The molecule has 0 aliphatic rings. The number of hydrogen-bond donors (Lipinski definition) is 0. The van der Waals surface area contributed by atoms with Crippen LogP contribution in [0.15, 0.2) is 23.6 Å². The zero-order chi connectivity index (χ0) is 11.8. The number of hydrogen-bond acceptors (Lipinski definition) is 6. The molecule has 0 unspecified atom stereocenters. The van der Waals surface area contributed by atoms with Crippen LogP contribution in [-0.4, -0.2) is 34.1 Å². The van der Waals surface area contributed by atoms with Crippen LogP contribution in [0.4, 0.5) is 0 Å². The molecule has 0 saturated heterocycles. The first-order valence-corrected chi connectivity index (χ1v) is 5.77. The van der Waals surface area contributed by atoms with E-state index >= 15 is 0 Å². The van der Waals surface area contributed by atoms with Crippen molar-refractivity contribution in [2.45, 2.75) is 18.4 Å². The standard InChI is InChI=1S/C10H12N2O3S/c1-2-15-10(14)5-8(13)6-16-9-3-4-11-7-12-9/h3-4,7H,2,5-6H2,1H3. The van der Waals surface area contributed by atoms with Crippen molar-refractivity contribution < 1.29 is 14.3 Å². The summed E-state index contributed by atoms with van der Waals surface area (Å²) in [5.41, 5.74) is 0. The first-order valence-electron chi connectivity index (χ1n) is 4.78. The van der Waals surface area contributed by atoms with Gasteiger partial charge in [0.1, 0.15) is 12.7 Å². The molecule has 0 bridgehead atoms. The fourth-order valence-corrected chi connectivity index (χ4v) is 1.63. The van der Waals surface area contributed by atoms with Gasteiger partial charge in [-0.25, -0.2) is 9.97 Å². The molecule has 5 nitrogen and oxygen atoms in total. The Hall–Kier alpha value is -1.43. The average molecular weight is 240 g/mol. The number of nitrogens with zero attached hydrogens (tertiary/aromatic N) is 2. The molecule has 0 N–H and O–H groups in total. The Balaban J connectivity index is 2.28. The minimum Gasteiger partial charge on any atom is -0.466 e. The van der Waals surface area contributed by atoms with Crippen LogP contribution < -0.4 is 0 Å². The van der Waals surface area contributed by atoms with Crippen molar-refractivity contribution in [1.82, 2.24) is 9.97 Å². The van der Waals surface area contributed by atoms with Gasteiger partial charge < -0.3 is 4.74 Å². The van der Waals surface area contributed by atoms with Crippen molar-refractivity contribution in [3.8, 4) is 0 Å². The van der Waals surface area contributed by atoms with Gasteiger partial charge in [0.05, 0.1) is 17.4 Å². The summed E-state index contributed by atoms with van der Waals surface area (Å²) in [7, 11) is 0. The van der Waals surface area contributed by atoms with Gasteiger partial charge in [0.2, 0.25) is 0 Å². The molecule has 6 heteroatoms. The second kappa shape index (κ2) is 6.95. The van der Waals surface area contributed by atoms with E-state index in [1.165, 1.54) is 18.1 Å². The minimum absolute atomic E-state index is 0.165. The number of Topliss-reactive ketones (excluding diaryl/α,β-unsaturated/α-hetero) is 1. The average Bonchev–Trinajstić information content (AvgIpc) is 2.28. The van der Waals surface area contributed by atoms with Crippen molar-refractivity contribution in [1.29, 1.82) is 0 Å². The number of carbonyl (C=O) groups excluding carboxylic acids is 2. The third-order valence-electron chi connectivity index (χ3n) is 1.58. The summed E-state index contributed by atoms with van der Waals surface area (Å²) in [6.45, 7) is 2.00. The van der Waals surface area contributed by atoms with Gasteiger partial charge in [0.15, 0.2) is 5.78 Å². The molecule has 1 rings (SSSR count). The van der Waals surface area contributed by atoms with E-state index in [0.717, 1.165) is 0 Å². The number of thioether (sulfide) groups is 1. The molecular weight excluding hydrogens is 228 g/mol. The fraction of sp³-hybridized carbons (Fsp3) is 0.400. The van der Waals surface area contributed by atoms with Crippen LogP contribution in [0.3, 0.4) is 0 Å². The summed E-state index contributed by atoms with van der Waals surface area (Å²) in [6.07, 6.45) is 2.84. The van der Waals surface area contributed by atoms with Crippen molar-refractivity contribution >= 4 is 23.5 Å². The summed E-state index contributed by atoms with van der Waals surface area (Å²) in [5, 5.41) is 0.715. The first kappa shape index (κ1) is 12.6. The Morgan fingerprint density at radius 2 is 2.31 bits per heavy atom. The molecule has 0 spiro atoms. The second-order valence-electron chi connectivity index (χ2n) is 2.86. The third kappa shape index (κ3) is 4.88. The van der Waals surface area contributed by atoms with Gasteiger partial charge in [-0.05, 0) is 13.0 Å². The summed E-state index contributed by atoms with van der Waals surface area (Å²) in [4.78, 5) is 30.0. The first-order chi connectivity index (χ1) is 7.72. The predicted octanol–water partition coefficient (Wildman–Crippen LogP) is 1.09. The zero-order valence-electron chi connectivity index (χ0n) is 8.88. The fourth-order valence-electron chi connectivity index (χ4n) is 0.942. The van der Waals surface area contributed by atoms with Crippen LogP contribution >= 0.6 is 11.8 Å². The van der Waals surface area contributed by atoms with E-state index in [2.05, 4.69) is 14.7 Å². The Morgan fingerprint density at radius 3 is 2.94 bits per heavy atom. The van der Waals surface area contributed by atoms with Crippen LogP contribution in [-0.2, 0) is 14.3 Å². The van der Waals surface area contributed by atoms with Gasteiger partial charge in [-0.15, -0.1) is 0 Å². The van der Waals surface area contributed by atoms with Crippen molar-refractivity contribution in [2.24, 2.45) is 0 Å². The summed E-state index contributed by atoms with van der Waals surface area (Å²) in [5.74, 6) is -0.423. The van der Waals surface area contributed by atoms with E-state index in [1.807, 2.05) is 0 Å². The van der Waals surface area contributed by atoms with Gasteiger partial charge in [0.25, 0.3) is 0 Å². The third-order valence-corrected chi connectivity index (χ3v) is 2.59. The highest BCUT2D eigenvalue weighted by Gasteiger charge is 2.10. The Morgan fingerprint density at radius 1 is 1.50 bits per heavy atom. The number of aromatic nitrogens is 2. The lowest BCUT2D eigenvalue weighted by Crippen LogP contribution is -2.12. The van der Waals surface area contributed by atoms with Crippen LogP contribution in [0.2, 0.25) is 0 Å². The van der Waals surface area contributed by atoms with Gasteiger partial charge >= 0.3 is 5.97 Å². The summed E-state index contributed by atoms with van der Waals surface area (Å²) in [6, 6.07) is 1.71. The molecule has 0 fully saturated rings. The predicted molar refractivity (Wildman–Crippen MR) is 59.0 cm³/mol. The SMILES string of the molecule is CCOC(=O)CC(=O)CSc1ccncn1. The lowest BCUT2D eigenvalue weighted by molar-refractivity contribution is -0.145. The highest BCUT2D eigenvalue weighted by Crippen LogP contribution is 2.13. The Labute approximate surface area is 97.6 Å². The molecule has 0 saturated carbocycles. The molecule has 1 aromatic rings. The molecule has 0 aliphatic carbocycles. The monoisotopic (exact) mass is 240 g/mol. The number of carbonyl (C=O) groups is 2. The quantitative estimate of drug-likeness (QED) is 0.321. The molecule has 1 heterocycles. The number of ether oxygens (including phenoxy) is 1. The van der Waals surface area contributed by atoms with Gasteiger partial charge in [-0.1, -0.05) is 11.8 Å². The van der Waals surface area contributed by atoms with Gasteiger partial charge in [-0.2, -0.15) is 0 Å². The Bertz CT molecular complexity index is 356.